The summed E-state index contributed by atoms with van der Waals surface area (Å²) in [6.07, 6.45) is 1.37. The number of ether oxygens (including phenoxy) is 1. The molecule has 0 aliphatic heterocycles. The first-order valence-corrected chi connectivity index (χ1v) is 4.81. The lowest BCUT2D eigenvalue weighted by atomic mass is 10.0. The monoisotopic (exact) mass is 207 g/mol. The van der Waals surface area contributed by atoms with Gasteiger partial charge in [-0.25, -0.2) is 4.79 Å². The zero-order valence-corrected chi connectivity index (χ0v) is 8.49. The number of rotatable bonds is 2. The predicted octanol–water partition coefficient (Wildman–Crippen LogP) is 0.819. The summed E-state index contributed by atoms with van der Waals surface area (Å²) >= 11 is 0. The maximum atomic E-state index is 11.1. The summed E-state index contributed by atoms with van der Waals surface area (Å²) in [5.74, 6) is -0.534. The number of hydrogen-bond acceptors (Lipinski definition) is 3. The number of methoxy groups -OCH3 is 1. The van der Waals surface area contributed by atoms with Crippen molar-refractivity contribution in [3.05, 3.63) is 28.8 Å². The van der Waals surface area contributed by atoms with Crippen molar-refractivity contribution in [3.63, 3.8) is 0 Å². The Kier molecular flexibility index (Phi) is 2.36. The Hall–Kier alpha value is -1.55. The molecule has 1 unspecified atom stereocenters. The van der Waals surface area contributed by atoms with Crippen LogP contribution in [0.15, 0.2) is 12.1 Å². The fraction of sp³-hybridized carbons (Fsp3) is 0.364. The Morgan fingerprint density at radius 2 is 2.27 bits per heavy atom. The molecule has 15 heavy (non-hydrogen) atoms. The first-order valence-electron chi connectivity index (χ1n) is 4.81. The van der Waals surface area contributed by atoms with Crippen molar-refractivity contribution in [2.75, 3.05) is 7.11 Å². The van der Waals surface area contributed by atoms with Gasteiger partial charge in [-0.1, -0.05) is 6.07 Å². The Bertz CT molecular complexity index is 415. The van der Waals surface area contributed by atoms with Crippen LogP contribution in [-0.2, 0) is 12.8 Å². The highest BCUT2D eigenvalue weighted by Gasteiger charge is 2.26. The van der Waals surface area contributed by atoms with E-state index in [1.165, 1.54) is 7.11 Å². The van der Waals surface area contributed by atoms with Gasteiger partial charge in [-0.3, -0.25) is 0 Å². The molecule has 2 rings (SSSR count). The number of hydrogen-bond donors (Lipinski definition) is 2. The molecule has 0 radical (unpaired) electrons. The summed E-state index contributed by atoms with van der Waals surface area (Å²) in [5.41, 5.74) is 7.93. The van der Waals surface area contributed by atoms with Gasteiger partial charge in [-0.15, -0.1) is 0 Å². The maximum Gasteiger partial charge on any atom is 0.339 e. The summed E-state index contributed by atoms with van der Waals surface area (Å²) in [6.45, 7) is 0. The molecule has 1 aromatic carbocycles. The van der Waals surface area contributed by atoms with Crippen LogP contribution < -0.4 is 10.5 Å². The average molecular weight is 207 g/mol. The third kappa shape index (κ3) is 1.57. The summed E-state index contributed by atoms with van der Waals surface area (Å²) in [5, 5.41) is 9.13. The minimum atomic E-state index is -0.946. The molecule has 80 valence electrons. The zero-order valence-electron chi connectivity index (χ0n) is 8.49. The van der Waals surface area contributed by atoms with Crippen LogP contribution in [0.1, 0.15) is 21.5 Å². The van der Waals surface area contributed by atoms with Crippen molar-refractivity contribution in [1.29, 1.82) is 0 Å². The number of benzene rings is 1. The first-order chi connectivity index (χ1) is 7.13. The van der Waals surface area contributed by atoms with E-state index in [9.17, 15) is 4.79 Å². The van der Waals surface area contributed by atoms with Gasteiger partial charge in [0.2, 0.25) is 0 Å². The molecule has 1 aliphatic carbocycles. The van der Waals surface area contributed by atoms with Gasteiger partial charge in [0.15, 0.2) is 0 Å². The number of fused-ring (bicyclic) bond motifs is 1. The topological polar surface area (TPSA) is 72.5 Å². The van der Waals surface area contributed by atoms with Gasteiger partial charge < -0.3 is 15.6 Å². The van der Waals surface area contributed by atoms with Crippen LogP contribution in [0.2, 0.25) is 0 Å². The largest absolute Gasteiger partial charge is 0.496 e. The standard InChI is InChI=1S/C11H13NO3/c1-15-9-3-2-6-4-7(12)5-8(6)10(9)11(13)14/h2-3,7H,4-5,12H2,1H3,(H,13,14). The van der Waals surface area contributed by atoms with E-state index in [1.54, 1.807) is 6.07 Å². The smallest absolute Gasteiger partial charge is 0.339 e. The second-order valence-electron chi connectivity index (χ2n) is 3.75. The van der Waals surface area contributed by atoms with E-state index in [-0.39, 0.29) is 11.6 Å². The van der Waals surface area contributed by atoms with E-state index in [0.29, 0.717) is 12.2 Å². The highest BCUT2D eigenvalue weighted by atomic mass is 16.5. The first kappa shape index (κ1) is 9.98. The summed E-state index contributed by atoms with van der Waals surface area (Å²) in [7, 11) is 1.48. The molecular formula is C11H13NO3. The SMILES string of the molecule is COc1ccc2c(c1C(=O)O)CC(N)C2. The van der Waals surface area contributed by atoms with E-state index >= 15 is 0 Å². The minimum Gasteiger partial charge on any atom is -0.496 e. The van der Waals surface area contributed by atoms with E-state index in [2.05, 4.69) is 0 Å². The molecule has 0 bridgehead atoms. The zero-order chi connectivity index (χ0) is 11.0. The van der Waals surface area contributed by atoms with Crippen molar-refractivity contribution >= 4 is 5.97 Å². The maximum absolute atomic E-state index is 11.1. The lowest BCUT2D eigenvalue weighted by Gasteiger charge is -2.09. The molecule has 1 aliphatic rings. The fourth-order valence-corrected chi connectivity index (χ4v) is 2.12. The van der Waals surface area contributed by atoms with E-state index in [0.717, 1.165) is 17.5 Å². The normalized spacial score (nSPS) is 18.7. The second-order valence-corrected chi connectivity index (χ2v) is 3.75. The molecule has 3 N–H and O–H groups in total. The van der Waals surface area contributed by atoms with E-state index in [1.807, 2.05) is 6.07 Å². The number of carboxylic acids is 1. The number of nitrogens with two attached hydrogens (primary N) is 1. The molecule has 0 saturated heterocycles. The van der Waals surface area contributed by atoms with Crippen molar-refractivity contribution < 1.29 is 14.6 Å². The molecule has 0 spiro atoms. The predicted molar refractivity (Wildman–Crippen MR) is 55.3 cm³/mol. The van der Waals surface area contributed by atoms with Gasteiger partial charge in [0.25, 0.3) is 0 Å². The van der Waals surface area contributed by atoms with Crippen LogP contribution in [0.4, 0.5) is 0 Å². The van der Waals surface area contributed by atoms with Gasteiger partial charge in [-0.2, -0.15) is 0 Å². The van der Waals surface area contributed by atoms with Crippen molar-refractivity contribution in [2.45, 2.75) is 18.9 Å². The molecule has 1 atom stereocenters. The van der Waals surface area contributed by atoms with Gasteiger partial charge in [-0.05, 0) is 30.0 Å². The summed E-state index contributed by atoms with van der Waals surface area (Å²) in [6, 6.07) is 3.62. The van der Waals surface area contributed by atoms with Gasteiger partial charge in [0.1, 0.15) is 11.3 Å². The number of carbonyl (C=O) groups is 1. The lowest BCUT2D eigenvalue weighted by Crippen LogP contribution is -2.19. The van der Waals surface area contributed by atoms with Crippen LogP contribution in [0.5, 0.6) is 5.75 Å². The summed E-state index contributed by atoms with van der Waals surface area (Å²) < 4.78 is 5.05. The number of carboxylic acid groups (broad SMARTS) is 1. The van der Waals surface area contributed by atoms with E-state index in [4.69, 9.17) is 15.6 Å². The second kappa shape index (κ2) is 3.55. The third-order valence-corrected chi connectivity index (χ3v) is 2.75. The van der Waals surface area contributed by atoms with Crippen LogP contribution in [-0.4, -0.2) is 24.2 Å². The third-order valence-electron chi connectivity index (χ3n) is 2.75. The Labute approximate surface area is 87.7 Å². The quantitative estimate of drug-likeness (QED) is 0.753. The highest BCUT2D eigenvalue weighted by molar-refractivity contribution is 5.93. The van der Waals surface area contributed by atoms with Crippen LogP contribution in [0.3, 0.4) is 0 Å². The van der Waals surface area contributed by atoms with Gasteiger partial charge >= 0.3 is 5.97 Å². The van der Waals surface area contributed by atoms with Gasteiger partial charge in [0, 0.05) is 6.04 Å². The molecule has 0 fully saturated rings. The molecule has 1 aromatic rings. The molecule has 0 amide bonds. The van der Waals surface area contributed by atoms with Crippen LogP contribution in [0.25, 0.3) is 0 Å². The average Bonchev–Trinajstić information content (AvgIpc) is 2.55. The molecule has 0 aromatic heterocycles. The Morgan fingerprint density at radius 1 is 1.53 bits per heavy atom. The summed E-state index contributed by atoms with van der Waals surface area (Å²) in [4.78, 5) is 11.1. The minimum absolute atomic E-state index is 0.0326. The molecular weight excluding hydrogens is 194 g/mol. The molecule has 0 heterocycles. The molecule has 0 saturated carbocycles. The number of aromatic carboxylic acids is 1. The highest BCUT2D eigenvalue weighted by Crippen LogP contribution is 2.31. The molecule has 4 nitrogen and oxygen atoms in total. The van der Waals surface area contributed by atoms with Crippen molar-refractivity contribution in [3.8, 4) is 5.75 Å². The Morgan fingerprint density at radius 3 is 2.87 bits per heavy atom. The van der Waals surface area contributed by atoms with Crippen molar-refractivity contribution in [2.24, 2.45) is 5.73 Å². The molecule has 4 heteroatoms. The van der Waals surface area contributed by atoms with Crippen LogP contribution in [0, 0.1) is 0 Å². The van der Waals surface area contributed by atoms with Crippen LogP contribution >= 0.6 is 0 Å². The van der Waals surface area contributed by atoms with Gasteiger partial charge in [0.05, 0.1) is 7.11 Å². The van der Waals surface area contributed by atoms with Crippen molar-refractivity contribution in [1.82, 2.24) is 0 Å². The fourth-order valence-electron chi connectivity index (χ4n) is 2.12. The Balaban J connectivity index is 2.58. The van der Waals surface area contributed by atoms with E-state index < -0.39 is 5.97 Å². The lowest BCUT2D eigenvalue weighted by molar-refractivity contribution is 0.0692.